The summed E-state index contributed by atoms with van der Waals surface area (Å²) in [5.41, 5.74) is 5.43. The number of nitrogens with one attached hydrogen (secondary N) is 4. The predicted molar refractivity (Wildman–Crippen MR) is 125 cm³/mol. The van der Waals surface area contributed by atoms with Crippen LogP contribution in [0.5, 0.6) is 0 Å². The van der Waals surface area contributed by atoms with Crippen molar-refractivity contribution in [3.8, 4) is 0 Å². The average Bonchev–Trinajstić information content (AvgIpc) is 3.34. The first-order valence-corrected chi connectivity index (χ1v) is 12.2. The third-order valence-corrected chi connectivity index (χ3v) is 7.22. The van der Waals surface area contributed by atoms with Crippen molar-refractivity contribution in [3.63, 3.8) is 0 Å². The molecule has 3 aromatic rings. The van der Waals surface area contributed by atoms with Gasteiger partial charge in [0.25, 0.3) is 15.9 Å². The number of para-hydroxylation sites is 1. The molecule has 0 aliphatic rings. The maximum Gasteiger partial charge on any atom is 0.271 e. The maximum absolute atomic E-state index is 12.6. The van der Waals surface area contributed by atoms with E-state index in [1.54, 1.807) is 47.8 Å². The summed E-state index contributed by atoms with van der Waals surface area (Å²) in [5.74, 6) is -1.54. The van der Waals surface area contributed by atoms with E-state index >= 15 is 0 Å². The van der Waals surface area contributed by atoms with E-state index in [4.69, 9.17) is 0 Å². The van der Waals surface area contributed by atoms with E-state index in [1.165, 1.54) is 25.1 Å². The van der Waals surface area contributed by atoms with Gasteiger partial charge in [-0.05, 0) is 29.1 Å². The van der Waals surface area contributed by atoms with Crippen molar-refractivity contribution >= 4 is 44.8 Å². The van der Waals surface area contributed by atoms with E-state index in [-0.39, 0.29) is 27.8 Å². The molecule has 33 heavy (non-hydrogen) atoms. The van der Waals surface area contributed by atoms with Gasteiger partial charge in [0.1, 0.15) is 4.21 Å². The van der Waals surface area contributed by atoms with Gasteiger partial charge in [0.15, 0.2) is 0 Å². The maximum atomic E-state index is 12.6. The Kier molecular flexibility index (Phi) is 7.80. The van der Waals surface area contributed by atoms with Gasteiger partial charge in [0, 0.05) is 6.92 Å². The van der Waals surface area contributed by atoms with Gasteiger partial charge in [-0.3, -0.25) is 30.0 Å². The van der Waals surface area contributed by atoms with E-state index in [9.17, 15) is 22.8 Å². The molecule has 1 unspecified atom stereocenters. The number of hydrogen-bond donors (Lipinski definition) is 4. The highest BCUT2D eigenvalue weighted by molar-refractivity contribution is 7.94. The van der Waals surface area contributed by atoms with Gasteiger partial charge in [-0.25, -0.2) is 8.42 Å². The Labute approximate surface area is 195 Å². The van der Waals surface area contributed by atoms with Gasteiger partial charge in [0.05, 0.1) is 23.7 Å². The number of carbonyl (C=O) groups excluding carboxylic acids is 3. The van der Waals surface area contributed by atoms with Crippen LogP contribution in [-0.4, -0.2) is 26.1 Å². The van der Waals surface area contributed by atoms with Crippen LogP contribution in [0, 0.1) is 0 Å². The minimum absolute atomic E-state index is 0.0272. The molecule has 0 fully saturated rings. The van der Waals surface area contributed by atoms with E-state index in [2.05, 4.69) is 20.9 Å². The van der Waals surface area contributed by atoms with Gasteiger partial charge < -0.3 is 5.32 Å². The third kappa shape index (κ3) is 6.64. The van der Waals surface area contributed by atoms with Crippen LogP contribution in [0.1, 0.15) is 35.3 Å². The molecule has 0 saturated carbocycles. The van der Waals surface area contributed by atoms with Crippen molar-refractivity contribution in [1.82, 2.24) is 16.2 Å². The van der Waals surface area contributed by atoms with Gasteiger partial charge in [-0.2, -0.15) is 0 Å². The van der Waals surface area contributed by atoms with Gasteiger partial charge >= 0.3 is 0 Å². The lowest BCUT2D eigenvalue weighted by molar-refractivity contribution is -0.123. The Balaban J connectivity index is 1.66. The second-order valence-corrected chi connectivity index (χ2v) is 9.81. The van der Waals surface area contributed by atoms with Gasteiger partial charge in [-0.1, -0.05) is 48.5 Å². The molecule has 2 aromatic carbocycles. The molecule has 4 N–H and O–H groups in total. The van der Waals surface area contributed by atoms with Crippen LogP contribution >= 0.6 is 11.3 Å². The monoisotopic (exact) mass is 486 g/mol. The first-order chi connectivity index (χ1) is 15.8. The minimum Gasteiger partial charge on any atom is -0.349 e. The number of anilines is 1. The van der Waals surface area contributed by atoms with Crippen molar-refractivity contribution in [1.29, 1.82) is 0 Å². The molecule has 0 aliphatic carbocycles. The fourth-order valence-electron chi connectivity index (χ4n) is 2.99. The molecule has 9 nitrogen and oxygen atoms in total. The van der Waals surface area contributed by atoms with E-state index in [0.29, 0.717) is 0 Å². The lowest BCUT2D eigenvalue weighted by atomic mass is 10.0. The summed E-state index contributed by atoms with van der Waals surface area (Å²) < 4.78 is 27.5. The molecular weight excluding hydrogens is 464 g/mol. The zero-order valence-electron chi connectivity index (χ0n) is 17.6. The molecule has 3 rings (SSSR count). The van der Waals surface area contributed by atoms with Crippen molar-refractivity contribution in [3.05, 3.63) is 83.2 Å². The van der Waals surface area contributed by atoms with Crippen LogP contribution in [0.15, 0.2) is 76.3 Å². The lowest BCUT2D eigenvalue weighted by Gasteiger charge is -2.18. The normalized spacial score (nSPS) is 11.8. The first-order valence-electron chi connectivity index (χ1n) is 9.83. The van der Waals surface area contributed by atoms with Crippen molar-refractivity contribution < 1.29 is 22.8 Å². The molecule has 0 radical (unpaired) electrons. The summed E-state index contributed by atoms with van der Waals surface area (Å²) >= 11 is 1.05. The zero-order valence-corrected chi connectivity index (χ0v) is 19.2. The minimum atomic E-state index is -3.85. The van der Waals surface area contributed by atoms with Crippen LogP contribution in [0.25, 0.3) is 0 Å². The Bertz CT molecular complexity index is 1230. The van der Waals surface area contributed by atoms with E-state index < -0.39 is 27.9 Å². The molecule has 0 bridgehead atoms. The second-order valence-electron chi connectivity index (χ2n) is 6.95. The molecule has 0 aliphatic heterocycles. The number of thiophene rings is 1. The molecule has 172 valence electrons. The highest BCUT2D eigenvalue weighted by atomic mass is 32.2. The van der Waals surface area contributed by atoms with Crippen LogP contribution in [0.4, 0.5) is 5.69 Å². The van der Waals surface area contributed by atoms with Gasteiger partial charge in [-0.15, -0.1) is 11.3 Å². The Morgan fingerprint density at radius 2 is 1.61 bits per heavy atom. The molecule has 0 saturated heterocycles. The standard InChI is InChI=1S/C22H22N4O5S2/c1-15(27)23-19(16-8-3-2-4-9-16)14-20(28)24-25-22(29)17-10-5-6-11-18(17)26-33(30,31)21-12-7-13-32-21/h2-13,19,26H,14H2,1H3,(H,23,27)(H,24,28)(H,25,29). The molecule has 11 heteroatoms. The fourth-order valence-corrected chi connectivity index (χ4v) is 5.07. The quantitative estimate of drug-likeness (QED) is 0.363. The number of amides is 3. The fraction of sp³-hybridized carbons (Fsp3) is 0.136. The molecular formula is C22H22N4O5S2. The SMILES string of the molecule is CC(=O)NC(CC(=O)NNC(=O)c1ccccc1NS(=O)(=O)c1cccs1)c1ccccc1. The number of rotatable bonds is 8. The van der Waals surface area contributed by atoms with Crippen LogP contribution < -0.4 is 20.9 Å². The van der Waals surface area contributed by atoms with E-state index in [0.717, 1.165) is 16.9 Å². The summed E-state index contributed by atoms with van der Waals surface area (Å²) in [6, 6.07) is 17.5. The molecule has 1 aromatic heterocycles. The summed E-state index contributed by atoms with van der Waals surface area (Å²) in [4.78, 5) is 36.6. The zero-order chi connectivity index (χ0) is 23.8. The highest BCUT2D eigenvalue weighted by Gasteiger charge is 2.21. The Morgan fingerprint density at radius 3 is 2.27 bits per heavy atom. The summed E-state index contributed by atoms with van der Waals surface area (Å²) in [6.07, 6.45) is -0.115. The van der Waals surface area contributed by atoms with Crippen molar-refractivity contribution in [2.45, 2.75) is 23.6 Å². The summed E-state index contributed by atoms with van der Waals surface area (Å²) in [5, 5.41) is 4.34. The van der Waals surface area contributed by atoms with Crippen molar-refractivity contribution in [2.75, 3.05) is 4.72 Å². The van der Waals surface area contributed by atoms with Crippen LogP contribution in [0.2, 0.25) is 0 Å². The molecule has 1 atom stereocenters. The van der Waals surface area contributed by atoms with Crippen LogP contribution in [-0.2, 0) is 19.6 Å². The lowest BCUT2D eigenvalue weighted by Crippen LogP contribution is -2.43. The first kappa shape index (κ1) is 24.0. The third-order valence-electron chi connectivity index (χ3n) is 4.46. The van der Waals surface area contributed by atoms with Gasteiger partial charge in [0.2, 0.25) is 11.8 Å². The van der Waals surface area contributed by atoms with Crippen molar-refractivity contribution in [2.24, 2.45) is 0 Å². The van der Waals surface area contributed by atoms with Crippen LogP contribution in [0.3, 0.4) is 0 Å². The Morgan fingerprint density at radius 1 is 0.909 bits per heavy atom. The highest BCUT2D eigenvalue weighted by Crippen LogP contribution is 2.23. The molecule has 1 heterocycles. The number of carbonyl (C=O) groups is 3. The summed E-state index contributed by atoms with van der Waals surface area (Å²) in [6.45, 7) is 1.35. The molecule has 3 amide bonds. The Hall–Kier alpha value is -3.70. The number of sulfonamides is 1. The largest absolute Gasteiger partial charge is 0.349 e. The number of hydrogen-bond acceptors (Lipinski definition) is 6. The number of benzene rings is 2. The summed E-state index contributed by atoms with van der Waals surface area (Å²) in [7, 11) is -3.85. The number of hydrazine groups is 1. The smallest absolute Gasteiger partial charge is 0.271 e. The van der Waals surface area contributed by atoms with E-state index in [1.807, 2.05) is 6.07 Å². The topological polar surface area (TPSA) is 133 Å². The molecule has 0 spiro atoms. The average molecular weight is 487 g/mol. The second kappa shape index (κ2) is 10.7. The predicted octanol–water partition coefficient (Wildman–Crippen LogP) is 2.58.